The monoisotopic (exact) mass is 756 g/mol. The molecule has 10 rings (SSSR count). The minimum absolute atomic E-state index is 0.0248. The van der Waals surface area contributed by atoms with Gasteiger partial charge in [0.25, 0.3) is 0 Å². The summed E-state index contributed by atoms with van der Waals surface area (Å²) in [7, 11) is 2.99. The molecule has 282 valence electrons. The molecule has 7 aliphatic rings. The number of ether oxygens (including phenoxy) is 6. The zero-order valence-corrected chi connectivity index (χ0v) is 31.2. The quantitative estimate of drug-likeness (QED) is 0.225. The molecule has 14 nitrogen and oxygen atoms in total. The van der Waals surface area contributed by atoms with E-state index in [9.17, 15) is 25.1 Å². The molecule has 54 heavy (non-hydrogen) atoms. The van der Waals surface area contributed by atoms with Gasteiger partial charge in [-0.1, -0.05) is 6.07 Å². The van der Waals surface area contributed by atoms with Crippen molar-refractivity contribution in [2.75, 3.05) is 39.9 Å². The molecule has 2 saturated heterocycles. The van der Waals surface area contributed by atoms with Crippen molar-refractivity contribution in [3.05, 3.63) is 62.7 Å². The normalized spacial score (nSPS) is 28.9. The van der Waals surface area contributed by atoms with Crippen molar-refractivity contribution in [3.63, 3.8) is 0 Å². The van der Waals surface area contributed by atoms with E-state index >= 15 is 0 Å². The second-order valence-corrected chi connectivity index (χ2v) is 15.8. The third-order valence-electron chi connectivity index (χ3n) is 11.9. The molecule has 0 aromatic heterocycles. The van der Waals surface area contributed by atoms with Gasteiger partial charge in [-0.05, 0) is 61.1 Å². The van der Waals surface area contributed by atoms with Crippen LogP contribution in [-0.4, -0.2) is 85.1 Å². The Hall–Kier alpha value is -4.88. The Balaban J connectivity index is 1.32. The molecule has 7 aliphatic heterocycles. The molecule has 0 amide bonds. The van der Waals surface area contributed by atoms with E-state index in [4.69, 9.17) is 28.4 Å². The molecule has 7 heterocycles. The van der Waals surface area contributed by atoms with Gasteiger partial charge in [0.2, 0.25) is 6.79 Å². The summed E-state index contributed by atoms with van der Waals surface area (Å²) in [4.78, 5) is 29.7. The number of esters is 2. The molecule has 0 aliphatic carbocycles. The predicted molar refractivity (Wildman–Crippen MR) is 193 cm³/mol. The maximum Gasteiger partial charge on any atom is 0.331 e. The van der Waals surface area contributed by atoms with E-state index < -0.39 is 46.9 Å². The van der Waals surface area contributed by atoms with Gasteiger partial charge in [-0.25, -0.2) is 4.79 Å². The second kappa shape index (κ2) is 12.6. The van der Waals surface area contributed by atoms with Crippen molar-refractivity contribution in [1.82, 2.24) is 15.5 Å². The molecule has 0 radical (unpaired) electrons. The van der Waals surface area contributed by atoms with Crippen LogP contribution in [0.4, 0.5) is 0 Å². The van der Waals surface area contributed by atoms with Crippen molar-refractivity contribution in [3.8, 4) is 46.3 Å². The average Bonchev–Trinajstić information content (AvgIpc) is 3.64. The van der Waals surface area contributed by atoms with Crippen LogP contribution in [0.3, 0.4) is 0 Å². The van der Waals surface area contributed by atoms with Crippen LogP contribution in [-0.2, 0) is 32.7 Å². The summed E-state index contributed by atoms with van der Waals surface area (Å²) in [5.41, 5.74) is 4.33. The number of aryl methyl sites for hydroxylation is 1. The third-order valence-corrected chi connectivity index (χ3v) is 13.4. The number of carbonyl (C=O) groups is 2. The Labute approximate surface area is 315 Å². The van der Waals surface area contributed by atoms with Gasteiger partial charge in [-0.3, -0.25) is 15.0 Å². The lowest BCUT2D eigenvalue weighted by atomic mass is 9.72. The highest BCUT2D eigenvalue weighted by Crippen LogP contribution is 2.63. The highest BCUT2D eigenvalue weighted by Gasteiger charge is 2.60. The SMILES string of the molecule is COc1cc2c(cc1O)CCNC21CS[C@@H]2c3c(OC(C)=O)c(C)c4c(c3[C@H](COC1=O)N1C2[C@@H]2N[C@@H](Cc3cc(C)c(OC)c(O)c32)[C@@H]1C#N)OCO4. The van der Waals surface area contributed by atoms with Crippen LogP contribution in [0.1, 0.15) is 68.8 Å². The number of phenols is 2. The van der Waals surface area contributed by atoms with Gasteiger partial charge in [-0.15, -0.1) is 11.8 Å². The summed E-state index contributed by atoms with van der Waals surface area (Å²) in [5.74, 6) is 0.913. The Morgan fingerprint density at radius 3 is 2.59 bits per heavy atom. The number of nitrogens with zero attached hydrogens (tertiary/aromatic N) is 2. The van der Waals surface area contributed by atoms with Crippen LogP contribution in [0, 0.1) is 25.2 Å². The molecule has 7 atom stereocenters. The van der Waals surface area contributed by atoms with Gasteiger partial charge in [0.15, 0.2) is 40.0 Å². The fourth-order valence-corrected chi connectivity index (χ4v) is 11.5. The summed E-state index contributed by atoms with van der Waals surface area (Å²) in [6.07, 6.45) is 1.03. The van der Waals surface area contributed by atoms with E-state index in [0.717, 1.165) is 16.7 Å². The van der Waals surface area contributed by atoms with Crippen LogP contribution in [0.5, 0.6) is 40.2 Å². The van der Waals surface area contributed by atoms with Gasteiger partial charge in [-0.2, -0.15) is 5.26 Å². The first-order chi connectivity index (χ1) is 26.0. The van der Waals surface area contributed by atoms with E-state index in [2.05, 4.69) is 21.6 Å². The number of nitriles is 1. The van der Waals surface area contributed by atoms with Crippen molar-refractivity contribution >= 4 is 23.7 Å². The van der Waals surface area contributed by atoms with Gasteiger partial charge in [0.05, 0.1) is 37.6 Å². The maximum absolute atomic E-state index is 14.7. The molecule has 2 fully saturated rings. The molecule has 0 saturated carbocycles. The van der Waals surface area contributed by atoms with Crippen molar-refractivity contribution in [1.29, 1.82) is 5.26 Å². The van der Waals surface area contributed by atoms with Crippen molar-refractivity contribution in [2.24, 2.45) is 0 Å². The Morgan fingerprint density at radius 2 is 1.85 bits per heavy atom. The Kier molecular flexibility index (Phi) is 8.13. The van der Waals surface area contributed by atoms with E-state index in [1.54, 1.807) is 12.1 Å². The van der Waals surface area contributed by atoms with Crippen LogP contribution >= 0.6 is 11.8 Å². The number of aromatic hydroxyl groups is 2. The minimum atomic E-state index is -1.36. The third kappa shape index (κ3) is 4.76. The fraction of sp³-hybridized carbons (Fsp3) is 0.462. The lowest BCUT2D eigenvalue weighted by Gasteiger charge is -2.59. The van der Waals surface area contributed by atoms with E-state index in [1.807, 2.05) is 19.9 Å². The number of methoxy groups -OCH3 is 2. The number of piperazine rings is 1. The Bertz CT molecular complexity index is 2190. The summed E-state index contributed by atoms with van der Waals surface area (Å²) in [5, 5.41) is 40.3. The van der Waals surface area contributed by atoms with Gasteiger partial charge >= 0.3 is 11.9 Å². The molecule has 15 heteroatoms. The summed E-state index contributed by atoms with van der Waals surface area (Å²) >= 11 is 1.46. The van der Waals surface area contributed by atoms with Crippen LogP contribution < -0.4 is 34.3 Å². The first-order valence-electron chi connectivity index (χ1n) is 17.9. The molecule has 4 bridgehead atoms. The number of benzene rings is 3. The first-order valence-corrected chi connectivity index (χ1v) is 19.0. The largest absolute Gasteiger partial charge is 0.504 e. The molecule has 2 unspecified atom stereocenters. The second-order valence-electron chi connectivity index (χ2n) is 14.7. The van der Waals surface area contributed by atoms with Crippen molar-refractivity contribution < 1.29 is 48.2 Å². The van der Waals surface area contributed by atoms with E-state index in [0.29, 0.717) is 70.2 Å². The highest BCUT2D eigenvalue weighted by atomic mass is 32.2. The number of thioether (sulfide) groups is 1. The minimum Gasteiger partial charge on any atom is -0.504 e. The lowest BCUT2D eigenvalue weighted by Crippen LogP contribution is -2.69. The standard InChI is InChI=1S/C39H40N4O10S/c1-16-8-20-9-22-23(12-40)43-24-13-50-38(47)39(21-11-26(48-4)25(45)10-19(21)6-7-41-39)14-54-37(31(43)30(42-22)27(20)32(46)33(16)49-5)29-28(24)36-35(51-15-52-36)17(2)34(29)53-18(3)44/h8,10-11,22-24,30-31,37,41-42,45-46H,6-7,9,13-15H2,1-5H3/t22-,23-,24-,30+,31?,37+,39?/m0/s1. The molecule has 3 aromatic rings. The average molecular weight is 757 g/mol. The van der Waals surface area contributed by atoms with Crippen LogP contribution in [0.2, 0.25) is 0 Å². The topological polar surface area (TPSA) is 181 Å². The number of rotatable bonds is 3. The van der Waals surface area contributed by atoms with Gasteiger partial charge < -0.3 is 44.0 Å². The predicted octanol–water partition coefficient (Wildman–Crippen LogP) is 3.64. The van der Waals surface area contributed by atoms with E-state index in [-0.39, 0.29) is 42.4 Å². The first kappa shape index (κ1) is 34.9. The van der Waals surface area contributed by atoms with Crippen molar-refractivity contribution in [2.45, 2.75) is 74.6 Å². The zero-order chi connectivity index (χ0) is 37.8. The number of fused-ring (bicyclic) bond motifs is 9. The summed E-state index contributed by atoms with van der Waals surface area (Å²) in [6, 6.07) is 5.06. The van der Waals surface area contributed by atoms with E-state index in [1.165, 1.54) is 32.9 Å². The summed E-state index contributed by atoms with van der Waals surface area (Å²) < 4.78 is 35.9. The molecular formula is C39H40N4O10S. The van der Waals surface area contributed by atoms with Gasteiger partial charge in [0.1, 0.15) is 18.4 Å². The number of carbonyl (C=O) groups excluding carboxylic acids is 2. The molecule has 1 spiro atoms. The lowest BCUT2D eigenvalue weighted by molar-refractivity contribution is -0.155. The molecule has 3 aromatic carbocycles. The van der Waals surface area contributed by atoms with Crippen LogP contribution in [0.15, 0.2) is 18.2 Å². The Morgan fingerprint density at radius 1 is 1.06 bits per heavy atom. The highest BCUT2D eigenvalue weighted by molar-refractivity contribution is 7.99. The van der Waals surface area contributed by atoms with Crippen LogP contribution in [0.25, 0.3) is 0 Å². The number of nitrogens with one attached hydrogen (secondary N) is 2. The number of hydrogen-bond donors (Lipinski definition) is 4. The number of phenolic OH excluding ortho intramolecular Hbond substituents is 2. The molecular weight excluding hydrogens is 717 g/mol. The zero-order valence-electron chi connectivity index (χ0n) is 30.4. The maximum atomic E-state index is 14.7. The van der Waals surface area contributed by atoms with Gasteiger partial charge in [0, 0.05) is 53.6 Å². The number of hydrogen-bond acceptors (Lipinski definition) is 15. The summed E-state index contributed by atoms with van der Waals surface area (Å²) in [6.45, 7) is 5.25. The smallest absolute Gasteiger partial charge is 0.331 e. The fourth-order valence-electron chi connectivity index (χ4n) is 9.79. The molecule has 4 N–H and O–H groups in total.